The van der Waals surface area contributed by atoms with E-state index in [0.29, 0.717) is 36.0 Å². The zero-order valence-electron chi connectivity index (χ0n) is 18.7. The maximum Gasteiger partial charge on any atom is 0.387 e. The van der Waals surface area contributed by atoms with Crippen LogP contribution in [-0.4, -0.2) is 59.5 Å². The minimum absolute atomic E-state index is 0.0290. The molecule has 0 heterocycles. The quantitative estimate of drug-likeness (QED) is 0.523. The van der Waals surface area contributed by atoms with Crippen LogP contribution in [0.25, 0.3) is 0 Å². The number of alkyl halides is 2. The van der Waals surface area contributed by atoms with Gasteiger partial charge in [-0.15, -0.1) is 0 Å². The predicted molar refractivity (Wildman–Crippen MR) is 115 cm³/mol. The number of amides is 1. The molecule has 1 N–H and O–H groups in total. The number of carbonyl (C=O) groups is 1. The van der Waals surface area contributed by atoms with Gasteiger partial charge in [0.05, 0.1) is 28.4 Å². The average molecular weight is 454 g/mol. The molecule has 2 rings (SSSR count). The van der Waals surface area contributed by atoms with Crippen LogP contribution in [0.3, 0.4) is 0 Å². The third kappa shape index (κ3) is 6.88. The van der Waals surface area contributed by atoms with Gasteiger partial charge in [-0.25, -0.2) is 0 Å². The lowest BCUT2D eigenvalue weighted by molar-refractivity contribution is -0.116. The van der Waals surface area contributed by atoms with Crippen molar-refractivity contribution in [2.45, 2.75) is 19.6 Å². The normalized spacial score (nSPS) is 10.8. The Kier molecular flexibility index (Phi) is 9.33. The Morgan fingerprint density at radius 2 is 1.56 bits per heavy atom. The summed E-state index contributed by atoms with van der Waals surface area (Å²) in [7, 11) is 7.73. The first-order valence-electron chi connectivity index (χ1n) is 9.71. The Hall–Kier alpha value is -3.27. The first-order valence-corrected chi connectivity index (χ1v) is 9.71. The van der Waals surface area contributed by atoms with E-state index in [9.17, 15) is 13.6 Å². The van der Waals surface area contributed by atoms with E-state index in [4.69, 9.17) is 18.9 Å². The first-order chi connectivity index (χ1) is 15.3. The molecule has 0 saturated heterocycles. The highest BCUT2D eigenvalue weighted by Gasteiger charge is 2.15. The van der Waals surface area contributed by atoms with Gasteiger partial charge in [-0.2, -0.15) is 8.78 Å². The molecule has 0 radical (unpaired) electrons. The van der Waals surface area contributed by atoms with Gasteiger partial charge in [0.1, 0.15) is 0 Å². The number of hydrogen-bond acceptors (Lipinski definition) is 7. The number of halogens is 2. The van der Waals surface area contributed by atoms with Crippen LogP contribution in [0, 0.1) is 0 Å². The SMILES string of the molecule is COc1cc(CN(C)CCC(=O)Nc2cc(OC)c(OC)c(OC)c2)ccc1OC(F)F. The average Bonchev–Trinajstić information content (AvgIpc) is 2.77. The second-order valence-corrected chi connectivity index (χ2v) is 6.81. The van der Waals surface area contributed by atoms with Gasteiger partial charge in [0.25, 0.3) is 0 Å². The third-order valence-electron chi connectivity index (χ3n) is 4.57. The van der Waals surface area contributed by atoms with Gasteiger partial charge in [-0.05, 0) is 24.7 Å². The van der Waals surface area contributed by atoms with E-state index in [2.05, 4.69) is 10.1 Å². The predicted octanol–water partition coefficient (Wildman–Crippen LogP) is 3.78. The zero-order chi connectivity index (χ0) is 23.7. The molecule has 176 valence electrons. The topological polar surface area (TPSA) is 78.5 Å². The number of nitrogens with zero attached hydrogens (tertiary/aromatic N) is 1. The number of hydrogen-bond donors (Lipinski definition) is 1. The van der Waals surface area contributed by atoms with Gasteiger partial charge in [0.2, 0.25) is 11.7 Å². The Bertz CT molecular complexity index is 885. The van der Waals surface area contributed by atoms with Crippen LogP contribution in [0.5, 0.6) is 28.7 Å². The summed E-state index contributed by atoms with van der Waals surface area (Å²) >= 11 is 0. The van der Waals surface area contributed by atoms with Crippen molar-refractivity contribution in [3.05, 3.63) is 35.9 Å². The lowest BCUT2D eigenvalue weighted by atomic mass is 10.2. The van der Waals surface area contributed by atoms with E-state index < -0.39 is 6.61 Å². The molecule has 0 atom stereocenters. The molecule has 1 amide bonds. The molecule has 32 heavy (non-hydrogen) atoms. The summed E-state index contributed by atoms with van der Waals surface area (Å²) in [6, 6.07) is 8.04. The van der Waals surface area contributed by atoms with Gasteiger partial charge >= 0.3 is 6.61 Å². The lowest BCUT2D eigenvalue weighted by Crippen LogP contribution is -2.24. The van der Waals surface area contributed by atoms with Gasteiger partial charge in [0.15, 0.2) is 23.0 Å². The van der Waals surface area contributed by atoms with E-state index in [-0.39, 0.29) is 23.8 Å². The van der Waals surface area contributed by atoms with Crippen molar-refractivity contribution < 1.29 is 37.3 Å². The fourth-order valence-electron chi connectivity index (χ4n) is 3.06. The number of carbonyl (C=O) groups excluding carboxylic acids is 1. The summed E-state index contributed by atoms with van der Waals surface area (Å²) in [6.45, 7) is -1.97. The fraction of sp³-hybridized carbons (Fsp3) is 0.409. The summed E-state index contributed by atoms with van der Waals surface area (Å²) in [5, 5.41) is 2.82. The molecule has 2 aromatic carbocycles. The molecule has 0 fully saturated rings. The van der Waals surface area contributed by atoms with Crippen LogP contribution < -0.4 is 29.0 Å². The molecule has 0 aliphatic carbocycles. The Labute approximate surface area is 186 Å². The minimum atomic E-state index is -2.93. The molecular formula is C22H28F2N2O6. The molecule has 0 aliphatic heterocycles. The molecule has 0 bridgehead atoms. The van der Waals surface area contributed by atoms with Crippen molar-refractivity contribution in [1.29, 1.82) is 0 Å². The van der Waals surface area contributed by atoms with Gasteiger partial charge in [0, 0.05) is 37.3 Å². The second-order valence-electron chi connectivity index (χ2n) is 6.81. The van der Waals surface area contributed by atoms with Crippen molar-refractivity contribution in [1.82, 2.24) is 4.90 Å². The van der Waals surface area contributed by atoms with E-state index in [0.717, 1.165) is 5.56 Å². The molecule has 2 aromatic rings. The summed E-state index contributed by atoms with van der Waals surface area (Å²) in [6.07, 6.45) is 0.233. The van der Waals surface area contributed by atoms with Gasteiger partial charge in [-0.3, -0.25) is 4.79 Å². The fourth-order valence-corrected chi connectivity index (χ4v) is 3.06. The van der Waals surface area contributed by atoms with E-state index in [1.165, 1.54) is 34.5 Å². The van der Waals surface area contributed by atoms with Crippen molar-refractivity contribution in [3.63, 3.8) is 0 Å². The smallest absolute Gasteiger partial charge is 0.387 e. The number of nitrogens with one attached hydrogen (secondary N) is 1. The standard InChI is InChI=1S/C22H28F2N2O6/c1-26(13-14-6-7-16(32-22(23)24)17(10-14)28-2)9-8-20(27)25-15-11-18(29-3)21(31-5)19(12-15)30-4/h6-7,10-12,22H,8-9,13H2,1-5H3,(H,25,27). The van der Waals surface area contributed by atoms with Crippen molar-refractivity contribution in [2.24, 2.45) is 0 Å². The summed E-state index contributed by atoms with van der Waals surface area (Å²) < 4.78 is 50.3. The van der Waals surface area contributed by atoms with Gasteiger partial charge in [-0.1, -0.05) is 6.07 Å². The van der Waals surface area contributed by atoms with E-state index >= 15 is 0 Å². The number of rotatable bonds is 12. The first kappa shape index (κ1) is 25.0. The number of benzene rings is 2. The van der Waals surface area contributed by atoms with Crippen molar-refractivity contribution >= 4 is 11.6 Å². The third-order valence-corrected chi connectivity index (χ3v) is 4.57. The monoisotopic (exact) mass is 454 g/mol. The summed E-state index contributed by atoms with van der Waals surface area (Å²) in [4.78, 5) is 14.3. The molecule has 0 saturated carbocycles. The molecule has 10 heteroatoms. The highest BCUT2D eigenvalue weighted by atomic mass is 19.3. The van der Waals surface area contributed by atoms with Crippen molar-refractivity contribution in [3.8, 4) is 28.7 Å². The van der Waals surface area contributed by atoms with Crippen LogP contribution in [0.4, 0.5) is 14.5 Å². The highest BCUT2D eigenvalue weighted by Crippen LogP contribution is 2.40. The molecule has 0 aromatic heterocycles. The number of anilines is 1. The van der Waals surface area contributed by atoms with Gasteiger partial charge < -0.3 is 33.9 Å². The molecule has 0 aliphatic rings. The number of ether oxygens (including phenoxy) is 5. The molecule has 0 spiro atoms. The van der Waals surface area contributed by atoms with Crippen LogP contribution in [0.2, 0.25) is 0 Å². The maximum atomic E-state index is 12.5. The zero-order valence-corrected chi connectivity index (χ0v) is 18.7. The largest absolute Gasteiger partial charge is 0.493 e. The van der Waals surface area contributed by atoms with E-state index in [1.807, 2.05) is 11.9 Å². The maximum absolute atomic E-state index is 12.5. The second kappa shape index (κ2) is 11.9. The minimum Gasteiger partial charge on any atom is -0.493 e. The Balaban J connectivity index is 1.94. The number of methoxy groups -OCH3 is 4. The Morgan fingerprint density at radius 3 is 2.09 bits per heavy atom. The van der Waals surface area contributed by atoms with Crippen LogP contribution in [-0.2, 0) is 11.3 Å². The highest BCUT2D eigenvalue weighted by molar-refractivity contribution is 5.91. The van der Waals surface area contributed by atoms with E-state index in [1.54, 1.807) is 24.3 Å². The summed E-state index contributed by atoms with van der Waals surface area (Å²) in [5.74, 6) is 1.31. The van der Waals surface area contributed by atoms with Crippen LogP contribution in [0.15, 0.2) is 30.3 Å². The van der Waals surface area contributed by atoms with Crippen LogP contribution >= 0.6 is 0 Å². The van der Waals surface area contributed by atoms with Crippen LogP contribution in [0.1, 0.15) is 12.0 Å². The molecule has 0 unspecified atom stereocenters. The lowest BCUT2D eigenvalue weighted by Gasteiger charge is -2.18. The molecule has 8 nitrogen and oxygen atoms in total. The molecular weight excluding hydrogens is 426 g/mol. The Morgan fingerprint density at radius 1 is 0.938 bits per heavy atom. The summed E-state index contributed by atoms with van der Waals surface area (Å²) in [5.41, 5.74) is 1.35. The van der Waals surface area contributed by atoms with Crippen molar-refractivity contribution in [2.75, 3.05) is 47.3 Å².